The standard InChI is InChI=1S/C13H7F13/c1-6-3-2-4-7(5-6)8(14,15)9(16,17)10(18,19)11(20,21)12(22,23)13(24,25)26/h2-5H,1H3. The molecule has 26 heavy (non-hydrogen) atoms. The molecule has 1 rings (SSSR count). The van der Waals surface area contributed by atoms with Crippen LogP contribution in [0.15, 0.2) is 24.3 Å². The highest BCUT2D eigenvalue weighted by atomic mass is 19.4. The molecule has 0 nitrogen and oxygen atoms in total. The van der Waals surface area contributed by atoms with Crippen LogP contribution in [-0.4, -0.2) is 29.9 Å². The second kappa shape index (κ2) is 5.91. The number of alkyl halides is 13. The molecule has 0 saturated heterocycles. The summed E-state index contributed by atoms with van der Waals surface area (Å²) in [6.45, 7) is 1.02. The molecule has 0 saturated carbocycles. The number of aryl methyl sites for hydroxylation is 1. The number of hydrogen-bond acceptors (Lipinski definition) is 0. The largest absolute Gasteiger partial charge is 0.460 e. The van der Waals surface area contributed by atoms with Gasteiger partial charge in [-0.15, -0.1) is 0 Å². The summed E-state index contributed by atoms with van der Waals surface area (Å²) in [6.07, 6.45) is -7.41. The van der Waals surface area contributed by atoms with E-state index in [0.717, 1.165) is 13.0 Å². The van der Waals surface area contributed by atoms with Gasteiger partial charge in [-0.3, -0.25) is 0 Å². The maximum atomic E-state index is 13.7. The topological polar surface area (TPSA) is 0 Å². The lowest BCUT2D eigenvalue weighted by atomic mass is 9.90. The number of benzene rings is 1. The summed E-state index contributed by atoms with van der Waals surface area (Å²) >= 11 is 0. The third kappa shape index (κ3) is 2.88. The molecule has 0 N–H and O–H groups in total. The Morgan fingerprint density at radius 1 is 0.577 bits per heavy atom. The fraction of sp³-hybridized carbons (Fsp3) is 0.538. The van der Waals surface area contributed by atoms with Crippen molar-refractivity contribution in [3.8, 4) is 0 Å². The second-order valence-corrected chi connectivity index (χ2v) is 5.24. The Hall–Kier alpha value is -1.69. The van der Waals surface area contributed by atoms with Gasteiger partial charge in [-0.05, 0) is 13.0 Å². The van der Waals surface area contributed by atoms with Crippen molar-refractivity contribution in [1.82, 2.24) is 0 Å². The molecule has 1 aromatic carbocycles. The average Bonchev–Trinajstić information content (AvgIpc) is 2.45. The number of rotatable bonds is 5. The Morgan fingerprint density at radius 3 is 1.38 bits per heavy atom. The summed E-state index contributed by atoms with van der Waals surface area (Å²) in [4.78, 5) is 0. The molecule has 1 aromatic rings. The molecule has 150 valence electrons. The molecule has 13 heteroatoms. The van der Waals surface area contributed by atoms with Crippen molar-refractivity contribution < 1.29 is 57.1 Å². The van der Waals surface area contributed by atoms with E-state index in [-0.39, 0.29) is 17.7 Å². The minimum atomic E-state index is -7.88. The van der Waals surface area contributed by atoms with E-state index in [4.69, 9.17) is 0 Å². The summed E-state index contributed by atoms with van der Waals surface area (Å²) < 4.78 is 168. The van der Waals surface area contributed by atoms with Gasteiger partial charge in [-0.25, -0.2) is 0 Å². The fourth-order valence-corrected chi connectivity index (χ4v) is 1.79. The lowest BCUT2D eigenvalue weighted by molar-refractivity contribution is -0.441. The van der Waals surface area contributed by atoms with E-state index in [1.165, 1.54) is 0 Å². The normalized spacial score (nSPS) is 15.3. The Labute approximate surface area is 136 Å². The second-order valence-electron chi connectivity index (χ2n) is 5.24. The van der Waals surface area contributed by atoms with Gasteiger partial charge in [0, 0.05) is 5.56 Å². The van der Waals surface area contributed by atoms with Crippen molar-refractivity contribution in [2.75, 3.05) is 0 Å². The monoisotopic (exact) mass is 410 g/mol. The molecule has 0 heterocycles. The van der Waals surface area contributed by atoms with Crippen molar-refractivity contribution in [3.05, 3.63) is 35.4 Å². The van der Waals surface area contributed by atoms with Gasteiger partial charge < -0.3 is 0 Å². The fourth-order valence-electron chi connectivity index (χ4n) is 1.79. The summed E-state index contributed by atoms with van der Waals surface area (Å²) in [7, 11) is 0. The van der Waals surface area contributed by atoms with Crippen LogP contribution in [0.2, 0.25) is 0 Å². The first-order valence-electron chi connectivity index (χ1n) is 6.28. The van der Waals surface area contributed by atoms with E-state index in [2.05, 4.69) is 0 Å². The van der Waals surface area contributed by atoms with Crippen LogP contribution in [-0.2, 0) is 5.92 Å². The van der Waals surface area contributed by atoms with E-state index in [0.29, 0.717) is 6.07 Å². The van der Waals surface area contributed by atoms with E-state index < -0.39 is 41.4 Å². The minimum Gasteiger partial charge on any atom is -0.194 e. The Morgan fingerprint density at radius 2 is 1.00 bits per heavy atom. The quantitative estimate of drug-likeness (QED) is 0.508. The number of hydrogen-bond donors (Lipinski definition) is 0. The summed E-state index contributed by atoms with van der Waals surface area (Å²) in [5.41, 5.74) is -2.21. The number of halogens is 13. The first-order chi connectivity index (χ1) is 11.2. The predicted octanol–water partition coefficient (Wildman–Crippen LogP) is 6.19. The Bertz CT molecular complexity index is 656. The zero-order valence-electron chi connectivity index (χ0n) is 12.2. The van der Waals surface area contributed by atoms with Gasteiger partial charge in [0.05, 0.1) is 0 Å². The molecule has 0 spiro atoms. The molecule has 0 unspecified atom stereocenters. The van der Waals surface area contributed by atoms with Crippen LogP contribution in [0.3, 0.4) is 0 Å². The van der Waals surface area contributed by atoms with Gasteiger partial charge in [0.2, 0.25) is 0 Å². The maximum Gasteiger partial charge on any atom is 0.460 e. The molecule has 0 fully saturated rings. The van der Waals surface area contributed by atoms with E-state index >= 15 is 0 Å². The van der Waals surface area contributed by atoms with Crippen molar-refractivity contribution in [2.45, 2.75) is 42.7 Å². The molecule has 0 atom stereocenters. The smallest absolute Gasteiger partial charge is 0.194 e. The third-order valence-corrected chi connectivity index (χ3v) is 3.31. The van der Waals surface area contributed by atoms with Crippen LogP contribution in [0, 0.1) is 6.92 Å². The summed E-state index contributed by atoms with van der Waals surface area (Å²) in [6, 6.07) is 1.90. The Balaban J connectivity index is 3.58. The van der Waals surface area contributed by atoms with Crippen LogP contribution >= 0.6 is 0 Å². The lowest BCUT2D eigenvalue weighted by Crippen LogP contribution is -2.69. The minimum absolute atomic E-state index is 0.0943. The van der Waals surface area contributed by atoms with Gasteiger partial charge in [-0.2, -0.15) is 57.1 Å². The molecule has 0 bridgehead atoms. The Kier molecular flexibility index (Phi) is 5.08. The van der Waals surface area contributed by atoms with Crippen LogP contribution in [0.1, 0.15) is 11.1 Å². The summed E-state index contributed by atoms with van der Waals surface area (Å²) in [5.74, 6) is -36.9. The molecular weight excluding hydrogens is 403 g/mol. The van der Waals surface area contributed by atoms with Crippen LogP contribution in [0.25, 0.3) is 0 Å². The van der Waals surface area contributed by atoms with Crippen molar-refractivity contribution in [1.29, 1.82) is 0 Å². The highest BCUT2D eigenvalue weighted by Gasteiger charge is 2.90. The maximum absolute atomic E-state index is 13.7. The van der Waals surface area contributed by atoms with Gasteiger partial charge >= 0.3 is 35.8 Å². The molecule has 0 aliphatic rings. The van der Waals surface area contributed by atoms with Crippen LogP contribution < -0.4 is 0 Å². The SMILES string of the molecule is Cc1cccc(C(F)(F)C(F)(F)C(F)(F)C(F)(F)C(F)(F)C(F)(F)F)c1. The zero-order valence-corrected chi connectivity index (χ0v) is 12.2. The lowest BCUT2D eigenvalue weighted by Gasteiger charge is -2.39. The molecule has 0 aromatic heterocycles. The third-order valence-electron chi connectivity index (χ3n) is 3.31. The zero-order chi connectivity index (χ0) is 21.0. The van der Waals surface area contributed by atoms with Crippen molar-refractivity contribution in [2.24, 2.45) is 0 Å². The van der Waals surface area contributed by atoms with Crippen LogP contribution in [0.4, 0.5) is 57.1 Å². The van der Waals surface area contributed by atoms with Gasteiger partial charge in [0.15, 0.2) is 0 Å². The molecule has 0 radical (unpaired) electrons. The molecular formula is C13H7F13. The van der Waals surface area contributed by atoms with Gasteiger partial charge in [-0.1, -0.05) is 23.8 Å². The van der Waals surface area contributed by atoms with Gasteiger partial charge in [0.25, 0.3) is 0 Å². The molecule has 0 aliphatic heterocycles. The summed E-state index contributed by atoms with van der Waals surface area (Å²) in [5, 5.41) is 0. The van der Waals surface area contributed by atoms with Gasteiger partial charge in [0.1, 0.15) is 0 Å². The molecule has 0 aliphatic carbocycles. The highest BCUT2D eigenvalue weighted by Crippen LogP contribution is 2.61. The first kappa shape index (κ1) is 22.4. The van der Waals surface area contributed by atoms with E-state index in [1.54, 1.807) is 0 Å². The van der Waals surface area contributed by atoms with Crippen LogP contribution in [0.5, 0.6) is 0 Å². The predicted molar refractivity (Wildman–Crippen MR) is 60.9 cm³/mol. The highest BCUT2D eigenvalue weighted by molar-refractivity contribution is 5.29. The van der Waals surface area contributed by atoms with E-state index in [9.17, 15) is 57.1 Å². The average molecular weight is 410 g/mol. The van der Waals surface area contributed by atoms with E-state index in [1.807, 2.05) is 0 Å². The van der Waals surface area contributed by atoms with Crippen molar-refractivity contribution in [3.63, 3.8) is 0 Å². The first-order valence-corrected chi connectivity index (χ1v) is 6.28. The van der Waals surface area contributed by atoms with Crippen molar-refractivity contribution >= 4 is 0 Å². The molecule has 0 amide bonds.